The molecule has 3 heterocycles. The molecule has 0 saturated carbocycles. The van der Waals surface area contributed by atoms with E-state index in [1.54, 1.807) is 11.3 Å². The minimum Gasteiger partial charge on any atom is -0.351 e. The summed E-state index contributed by atoms with van der Waals surface area (Å²) in [7, 11) is 1.87. The van der Waals surface area contributed by atoms with Crippen LogP contribution in [0.5, 0.6) is 0 Å². The third kappa shape index (κ3) is 3.58. The molecule has 2 aromatic heterocycles. The van der Waals surface area contributed by atoms with Crippen LogP contribution in [0, 0.1) is 12.8 Å². The molecule has 1 saturated heterocycles. The van der Waals surface area contributed by atoms with Crippen molar-refractivity contribution >= 4 is 17.3 Å². The summed E-state index contributed by atoms with van der Waals surface area (Å²) in [6.45, 7) is 7.36. The second kappa shape index (κ2) is 7.17. The van der Waals surface area contributed by atoms with Crippen LogP contribution in [-0.2, 0) is 6.54 Å². The Morgan fingerprint density at radius 1 is 1.52 bits per heavy atom. The molecule has 0 aromatic carbocycles. The van der Waals surface area contributed by atoms with Crippen molar-refractivity contribution in [2.75, 3.05) is 20.1 Å². The molecule has 0 bridgehead atoms. The number of nitrogens with zero attached hydrogens (tertiary/aromatic N) is 4. The van der Waals surface area contributed by atoms with Gasteiger partial charge >= 0.3 is 0 Å². The Balaban J connectivity index is 1.65. The normalized spacial score (nSPS) is 22.4. The molecule has 124 valence electrons. The quantitative estimate of drug-likeness (QED) is 0.695. The predicted octanol–water partition coefficient (Wildman–Crippen LogP) is 2.91. The van der Waals surface area contributed by atoms with Gasteiger partial charge in [0.25, 0.3) is 0 Å². The third-order valence-corrected chi connectivity index (χ3v) is 5.74. The van der Waals surface area contributed by atoms with Crippen LogP contribution in [0.4, 0.5) is 0 Å². The molecular weight excluding hydrogens is 306 g/mol. The molecule has 0 spiro atoms. The lowest BCUT2D eigenvalue weighted by Crippen LogP contribution is -2.48. The monoisotopic (exact) mass is 331 g/mol. The first-order chi connectivity index (χ1) is 11.2. The van der Waals surface area contributed by atoms with E-state index in [4.69, 9.17) is 0 Å². The molecule has 3 rings (SSSR count). The van der Waals surface area contributed by atoms with Crippen molar-refractivity contribution in [3.05, 3.63) is 40.6 Å². The molecule has 5 nitrogen and oxygen atoms in total. The van der Waals surface area contributed by atoms with Crippen molar-refractivity contribution in [1.82, 2.24) is 19.8 Å². The van der Waals surface area contributed by atoms with Crippen LogP contribution in [0.3, 0.4) is 0 Å². The molecule has 1 aliphatic heterocycles. The van der Waals surface area contributed by atoms with E-state index >= 15 is 0 Å². The number of aromatic nitrogens is 2. The van der Waals surface area contributed by atoms with E-state index in [2.05, 4.69) is 56.3 Å². The Labute approximate surface area is 142 Å². The maximum absolute atomic E-state index is 4.49. The predicted molar refractivity (Wildman–Crippen MR) is 95.9 cm³/mol. The van der Waals surface area contributed by atoms with Crippen LogP contribution < -0.4 is 5.32 Å². The fourth-order valence-corrected chi connectivity index (χ4v) is 4.02. The number of rotatable bonds is 3. The van der Waals surface area contributed by atoms with E-state index in [-0.39, 0.29) is 0 Å². The van der Waals surface area contributed by atoms with E-state index in [0.717, 1.165) is 25.6 Å². The van der Waals surface area contributed by atoms with Crippen molar-refractivity contribution in [3.8, 4) is 0 Å². The number of thiophene rings is 1. The first-order valence-electron chi connectivity index (χ1n) is 8.15. The van der Waals surface area contributed by atoms with Crippen molar-refractivity contribution < 1.29 is 0 Å². The molecule has 0 aliphatic carbocycles. The molecule has 1 N–H and O–H groups in total. The average Bonchev–Trinajstić information content (AvgIpc) is 3.21. The number of hydrogen-bond donors (Lipinski definition) is 1. The van der Waals surface area contributed by atoms with Gasteiger partial charge in [-0.15, -0.1) is 11.3 Å². The Morgan fingerprint density at radius 2 is 2.39 bits per heavy atom. The zero-order valence-corrected chi connectivity index (χ0v) is 14.9. The van der Waals surface area contributed by atoms with Gasteiger partial charge in [0.2, 0.25) is 0 Å². The Bertz CT molecular complexity index is 646. The topological polar surface area (TPSA) is 45.5 Å². The highest BCUT2D eigenvalue weighted by Gasteiger charge is 2.28. The number of piperidine rings is 1. The summed E-state index contributed by atoms with van der Waals surface area (Å²) in [5.74, 6) is 1.65. The minimum absolute atomic E-state index is 0.452. The SMILES string of the molecule is CN=C(NCc1sccc1C)N1CCC(C)C(n2ccnc2)C1. The summed E-state index contributed by atoms with van der Waals surface area (Å²) in [5, 5.41) is 5.67. The van der Waals surface area contributed by atoms with Gasteiger partial charge < -0.3 is 14.8 Å². The molecule has 0 radical (unpaired) electrons. The minimum atomic E-state index is 0.452. The second-order valence-electron chi connectivity index (χ2n) is 6.22. The van der Waals surface area contributed by atoms with Gasteiger partial charge in [-0.2, -0.15) is 0 Å². The van der Waals surface area contributed by atoms with Crippen molar-refractivity contribution in [2.24, 2.45) is 10.9 Å². The summed E-state index contributed by atoms with van der Waals surface area (Å²) in [5.41, 5.74) is 1.35. The summed E-state index contributed by atoms with van der Waals surface area (Å²) < 4.78 is 2.23. The highest BCUT2D eigenvalue weighted by atomic mass is 32.1. The van der Waals surface area contributed by atoms with Crippen LogP contribution in [0.2, 0.25) is 0 Å². The third-order valence-electron chi connectivity index (χ3n) is 4.71. The molecule has 2 atom stereocenters. The van der Waals surface area contributed by atoms with Gasteiger partial charge in [-0.3, -0.25) is 4.99 Å². The van der Waals surface area contributed by atoms with Gasteiger partial charge in [-0.1, -0.05) is 6.92 Å². The standard InChI is InChI=1S/C17H25N5S/c1-13-4-7-21(11-15(13)22-8-6-19-12-22)17(18-3)20-10-16-14(2)5-9-23-16/h5-6,8-9,12-13,15H,4,7,10-11H2,1-3H3,(H,18,20). The van der Waals surface area contributed by atoms with Gasteiger partial charge in [-0.25, -0.2) is 4.98 Å². The Hall–Kier alpha value is -1.82. The van der Waals surface area contributed by atoms with Gasteiger partial charge in [0, 0.05) is 37.4 Å². The van der Waals surface area contributed by atoms with Crippen molar-refractivity contribution in [1.29, 1.82) is 0 Å². The molecule has 1 fully saturated rings. The van der Waals surface area contributed by atoms with Gasteiger partial charge in [0.1, 0.15) is 0 Å². The van der Waals surface area contributed by atoms with Crippen LogP contribution in [0.15, 0.2) is 35.2 Å². The fourth-order valence-electron chi connectivity index (χ4n) is 3.17. The van der Waals surface area contributed by atoms with Crippen LogP contribution in [-0.4, -0.2) is 40.5 Å². The average molecular weight is 331 g/mol. The second-order valence-corrected chi connectivity index (χ2v) is 7.22. The first kappa shape index (κ1) is 16.1. The van der Waals surface area contributed by atoms with E-state index < -0.39 is 0 Å². The maximum Gasteiger partial charge on any atom is 0.194 e. The number of likely N-dealkylation sites (tertiary alicyclic amines) is 1. The highest BCUT2D eigenvalue weighted by Crippen LogP contribution is 2.27. The van der Waals surface area contributed by atoms with Gasteiger partial charge in [-0.05, 0) is 36.3 Å². The number of nitrogens with one attached hydrogen (secondary N) is 1. The zero-order chi connectivity index (χ0) is 16.2. The Kier molecular flexibility index (Phi) is 5.00. The zero-order valence-electron chi connectivity index (χ0n) is 14.1. The molecule has 2 aromatic rings. The van der Waals surface area contributed by atoms with Gasteiger partial charge in [0.05, 0.1) is 18.9 Å². The number of aryl methyl sites for hydroxylation is 1. The number of hydrogen-bond acceptors (Lipinski definition) is 3. The molecular formula is C17H25N5S. The number of imidazole rings is 1. The summed E-state index contributed by atoms with van der Waals surface area (Å²) in [6.07, 6.45) is 7.02. The van der Waals surface area contributed by atoms with Crippen molar-refractivity contribution in [2.45, 2.75) is 32.9 Å². The van der Waals surface area contributed by atoms with Crippen LogP contribution in [0.25, 0.3) is 0 Å². The van der Waals surface area contributed by atoms with E-state index in [0.29, 0.717) is 12.0 Å². The molecule has 6 heteroatoms. The molecule has 2 unspecified atom stereocenters. The fraction of sp³-hybridized carbons (Fsp3) is 0.529. The van der Waals surface area contributed by atoms with Crippen molar-refractivity contribution in [3.63, 3.8) is 0 Å². The lowest BCUT2D eigenvalue weighted by atomic mass is 9.93. The van der Waals surface area contributed by atoms with E-state index in [1.807, 2.05) is 19.6 Å². The molecule has 1 aliphatic rings. The van der Waals surface area contributed by atoms with Gasteiger partial charge in [0.15, 0.2) is 5.96 Å². The molecule has 0 amide bonds. The van der Waals surface area contributed by atoms with E-state index in [9.17, 15) is 0 Å². The largest absolute Gasteiger partial charge is 0.351 e. The first-order valence-corrected chi connectivity index (χ1v) is 9.03. The Morgan fingerprint density at radius 3 is 3.04 bits per heavy atom. The lowest BCUT2D eigenvalue weighted by molar-refractivity contribution is 0.189. The molecule has 23 heavy (non-hydrogen) atoms. The lowest BCUT2D eigenvalue weighted by Gasteiger charge is -2.39. The smallest absolute Gasteiger partial charge is 0.194 e. The number of aliphatic imine (C=N–C) groups is 1. The summed E-state index contributed by atoms with van der Waals surface area (Å²) >= 11 is 1.80. The van der Waals surface area contributed by atoms with Crippen LogP contribution >= 0.6 is 11.3 Å². The maximum atomic E-state index is 4.49. The van der Waals surface area contributed by atoms with Crippen LogP contribution in [0.1, 0.15) is 29.8 Å². The number of guanidine groups is 1. The summed E-state index contributed by atoms with van der Waals surface area (Å²) in [6, 6.07) is 2.62. The van der Waals surface area contributed by atoms with E-state index in [1.165, 1.54) is 16.9 Å². The summed E-state index contributed by atoms with van der Waals surface area (Å²) in [4.78, 5) is 12.4. The highest BCUT2D eigenvalue weighted by molar-refractivity contribution is 7.10.